The monoisotopic (exact) mass is 311 g/mol. The van der Waals surface area contributed by atoms with E-state index in [2.05, 4.69) is 28.1 Å². The van der Waals surface area contributed by atoms with E-state index in [9.17, 15) is 5.26 Å². The molecule has 0 N–H and O–H groups in total. The van der Waals surface area contributed by atoms with Crippen molar-refractivity contribution in [2.45, 2.75) is 6.92 Å². The first kappa shape index (κ1) is 12.0. The van der Waals surface area contributed by atoms with Gasteiger partial charge >= 0.3 is 0 Å². The maximum absolute atomic E-state index is 9.18. The molecule has 1 aromatic heterocycles. The molecule has 0 aliphatic carbocycles. The lowest BCUT2D eigenvalue weighted by molar-refractivity contribution is 0.629. The van der Waals surface area contributed by atoms with Crippen molar-refractivity contribution < 1.29 is 4.42 Å². The molecule has 19 heavy (non-hydrogen) atoms. The number of nitrogens with zero attached hydrogens (tertiary/aromatic N) is 1. The summed E-state index contributed by atoms with van der Waals surface area (Å²) < 4.78 is 6.78. The third kappa shape index (κ3) is 1.94. The van der Waals surface area contributed by atoms with Crippen LogP contribution in [0.3, 0.4) is 0 Å². The van der Waals surface area contributed by atoms with Crippen LogP contribution in [0.15, 0.2) is 51.4 Å². The van der Waals surface area contributed by atoms with E-state index in [-0.39, 0.29) is 0 Å². The number of hydrogen-bond donors (Lipinski definition) is 0. The van der Waals surface area contributed by atoms with Crippen LogP contribution in [0.25, 0.3) is 22.3 Å². The Morgan fingerprint density at radius 1 is 1.16 bits per heavy atom. The van der Waals surface area contributed by atoms with Crippen molar-refractivity contribution in [1.29, 1.82) is 5.26 Å². The fourth-order valence-corrected chi connectivity index (χ4v) is 2.74. The van der Waals surface area contributed by atoms with E-state index < -0.39 is 0 Å². The van der Waals surface area contributed by atoms with E-state index in [4.69, 9.17) is 4.42 Å². The highest BCUT2D eigenvalue weighted by Gasteiger charge is 2.16. The molecule has 0 amide bonds. The van der Waals surface area contributed by atoms with E-state index in [1.807, 2.05) is 37.3 Å². The summed E-state index contributed by atoms with van der Waals surface area (Å²) in [6.45, 7) is 2.04. The molecule has 0 bridgehead atoms. The number of halogens is 1. The van der Waals surface area contributed by atoms with E-state index in [1.54, 1.807) is 6.07 Å². The Morgan fingerprint density at radius 3 is 2.74 bits per heavy atom. The van der Waals surface area contributed by atoms with Crippen LogP contribution in [0.5, 0.6) is 0 Å². The van der Waals surface area contributed by atoms with Gasteiger partial charge in [0.15, 0.2) is 5.76 Å². The predicted molar refractivity (Wildman–Crippen MR) is 78.8 cm³/mol. The Labute approximate surface area is 119 Å². The number of benzene rings is 2. The van der Waals surface area contributed by atoms with E-state index in [0.29, 0.717) is 11.3 Å². The molecule has 0 spiro atoms. The highest BCUT2D eigenvalue weighted by atomic mass is 79.9. The van der Waals surface area contributed by atoms with Crippen LogP contribution in [-0.4, -0.2) is 0 Å². The van der Waals surface area contributed by atoms with Gasteiger partial charge in [-0.2, -0.15) is 5.26 Å². The number of fused-ring (bicyclic) bond motifs is 1. The molecule has 0 unspecified atom stereocenters. The van der Waals surface area contributed by atoms with Crippen molar-refractivity contribution in [3.05, 3.63) is 58.1 Å². The zero-order chi connectivity index (χ0) is 13.4. The van der Waals surface area contributed by atoms with Gasteiger partial charge in [-0.3, -0.25) is 0 Å². The third-order valence-electron chi connectivity index (χ3n) is 3.08. The van der Waals surface area contributed by atoms with Crippen molar-refractivity contribution in [3.63, 3.8) is 0 Å². The van der Waals surface area contributed by atoms with Crippen molar-refractivity contribution in [1.82, 2.24) is 0 Å². The molecule has 0 aliphatic heterocycles. The second-order valence-corrected chi connectivity index (χ2v) is 5.20. The van der Waals surface area contributed by atoms with Gasteiger partial charge in [-0.1, -0.05) is 23.8 Å². The second-order valence-electron chi connectivity index (χ2n) is 4.40. The summed E-state index contributed by atoms with van der Waals surface area (Å²) in [4.78, 5) is 0. The maximum atomic E-state index is 9.18. The van der Waals surface area contributed by atoms with Gasteiger partial charge in [0.2, 0.25) is 0 Å². The van der Waals surface area contributed by atoms with Crippen LogP contribution >= 0.6 is 15.9 Å². The molecule has 3 rings (SSSR count). The minimum atomic E-state index is 0.610. The highest BCUT2D eigenvalue weighted by Crippen LogP contribution is 2.39. The molecular formula is C16H10BrNO. The number of rotatable bonds is 1. The molecule has 92 valence electrons. The van der Waals surface area contributed by atoms with Crippen LogP contribution < -0.4 is 0 Å². The molecular weight excluding hydrogens is 302 g/mol. The Bertz CT molecular complexity index is 811. The lowest BCUT2D eigenvalue weighted by Crippen LogP contribution is -1.81. The summed E-state index contributed by atoms with van der Waals surface area (Å²) in [5.41, 5.74) is 3.42. The number of nitriles is 1. The predicted octanol–water partition coefficient (Wildman–Crippen LogP) is 5.04. The normalized spacial score (nSPS) is 10.6. The van der Waals surface area contributed by atoms with Crippen molar-refractivity contribution in [2.24, 2.45) is 0 Å². The smallest absolute Gasteiger partial charge is 0.150 e. The Balaban J connectivity index is 2.32. The number of aryl methyl sites for hydroxylation is 1. The Hall–Kier alpha value is -2.05. The van der Waals surface area contributed by atoms with Crippen molar-refractivity contribution in [3.8, 4) is 17.4 Å². The Morgan fingerprint density at radius 2 is 1.95 bits per heavy atom. The summed E-state index contributed by atoms with van der Waals surface area (Å²) in [5, 5.41) is 10.2. The van der Waals surface area contributed by atoms with Crippen LogP contribution in [0, 0.1) is 18.3 Å². The molecule has 0 saturated carbocycles. The van der Waals surface area contributed by atoms with Gasteiger partial charge in [-0.15, -0.1) is 0 Å². The van der Waals surface area contributed by atoms with Gasteiger partial charge < -0.3 is 4.42 Å². The van der Waals surface area contributed by atoms with Crippen LogP contribution in [0.1, 0.15) is 11.1 Å². The quantitative estimate of drug-likeness (QED) is 0.631. The maximum Gasteiger partial charge on any atom is 0.150 e. The average molecular weight is 312 g/mol. The van der Waals surface area contributed by atoms with E-state index >= 15 is 0 Å². The van der Waals surface area contributed by atoms with Gasteiger partial charge in [-0.05, 0) is 47.1 Å². The molecule has 2 aromatic carbocycles. The number of hydrogen-bond acceptors (Lipinski definition) is 2. The van der Waals surface area contributed by atoms with E-state index in [0.717, 1.165) is 21.0 Å². The molecule has 1 heterocycles. The molecule has 2 nitrogen and oxygen atoms in total. The summed E-state index contributed by atoms with van der Waals surface area (Å²) >= 11 is 3.58. The average Bonchev–Trinajstić information content (AvgIpc) is 2.76. The summed E-state index contributed by atoms with van der Waals surface area (Å²) in [7, 11) is 0. The highest BCUT2D eigenvalue weighted by molar-refractivity contribution is 9.10. The van der Waals surface area contributed by atoms with Gasteiger partial charge in [0.25, 0.3) is 0 Å². The lowest BCUT2D eigenvalue weighted by atomic mass is 10.1. The zero-order valence-electron chi connectivity index (χ0n) is 10.3. The molecule has 0 aliphatic rings. The number of furan rings is 1. The molecule has 0 fully saturated rings. The van der Waals surface area contributed by atoms with Crippen molar-refractivity contribution in [2.75, 3.05) is 0 Å². The van der Waals surface area contributed by atoms with Gasteiger partial charge in [-0.25, -0.2) is 0 Å². The van der Waals surface area contributed by atoms with Crippen molar-refractivity contribution >= 4 is 26.9 Å². The molecule has 0 atom stereocenters. The first-order valence-electron chi connectivity index (χ1n) is 5.89. The Kier molecular flexibility index (Phi) is 2.88. The van der Waals surface area contributed by atoms with Crippen LogP contribution in [-0.2, 0) is 0 Å². The van der Waals surface area contributed by atoms with Gasteiger partial charge in [0.1, 0.15) is 5.58 Å². The molecule has 0 radical (unpaired) electrons. The first-order valence-corrected chi connectivity index (χ1v) is 6.68. The SMILES string of the molecule is Cc1ccc2oc(-c3ccccc3C#N)c(Br)c2c1. The van der Waals surface area contributed by atoms with Crippen LogP contribution in [0.4, 0.5) is 0 Å². The minimum absolute atomic E-state index is 0.610. The summed E-state index contributed by atoms with van der Waals surface area (Å²) in [6, 6.07) is 15.7. The molecule has 3 aromatic rings. The lowest BCUT2D eigenvalue weighted by Gasteiger charge is -2.00. The molecule has 0 saturated heterocycles. The standard InChI is InChI=1S/C16H10BrNO/c1-10-6-7-14-13(8-10)15(17)16(19-14)12-5-3-2-4-11(12)9-18/h2-8H,1H3. The second kappa shape index (κ2) is 4.56. The molecule has 3 heteroatoms. The zero-order valence-corrected chi connectivity index (χ0v) is 11.9. The minimum Gasteiger partial charge on any atom is -0.455 e. The topological polar surface area (TPSA) is 36.9 Å². The van der Waals surface area contributed by atoms with E-state index in [1.165, 1.54) is 5.56 Å². The van der Waals surface area contributed by atoms with Crippen LogP contribution in [0.2, 0.25) is 0 Å². The van der Waals surface area contributed by atoms with Gasteiger partial charge in [0, 0.05) is 10.9 Å². The first-order chi connectivity index (χ1) is 9.20. The fourth-order valence-electron chi connectivity index (χ4n) is 2.13. The third-order valence-corrected chi connectivity index (χ3v) is 3.86. The largest absolute Gasteiger partial charge is 0.455 e. The summed E-state index contributed by atoms with van der Waals surface area (Å²) in [6.07, 6.45) is 0. The fraction of sp³-hybridized carbons (Fsp3) is 0.0625. The van der Waals surface area contributed by atoms with Gasteiger partial charge in [0.05, 0.1) is 16.1 Å². The summed E-state index contributed by atoms with van der Waals surface area (Å²) in [5.74, 6) is 0.706.